The molecule has 2 unspecified atom stereocenters. The van der Waals surface area contributed by atoms with E-state index in [2.05, 4.69) is 19.2 Å². The zero-order valence-electron chi connectivity index (χ0n) is 11.6. The highest BCUT2D eigenvalue weighted by Crippen LogP contribution is 2.14. The highest BCUT2D eigenvalue weighted by atomic mass is 16.3. The molecular formula is C13H28N2O2. The second-order valence-corrected chi connectivity index (χ2v) is 5.56. The third-order valence-electron chi connectivity index (χ3n) is 3.04. The number of rotatable bonds is 8. The highest BCUT2D eigenvalue weighted by molar-refractivity contribution is 5.76. The van der Waals surface area contributed by atoms with Gasteiger partial charge in [0.1, 0.15) is 0 Å². The molecule has 4 N–H and O–H groups in total. The fourth-order valence-electron chi connectivity index (χ4n) is 1.68. The summed E-state index contributed by atoms with van der Waals surface area (Å²) >= 11 is 0. The Hall–Kier alpha value is -0.610. The molecule has 2 atom stereocenters. The minimum Gasteiger partial charge on any atom is -0.388 e. The van der Waals surface area contributed by atoms with Crippen LogP contribution in [0.15, 0.2) is 0 Å². The zero-order valence-corrected chi connectivity index (χ0v) is 11.6. The van der Waals surface area contributed by atoms with Crippen LogP contribution in [0.5, 0.6) is 0 Å². The van der Waals surface area contributed by atoms with Crippen molar-refractivity contribution in [3.8, 4) is 0 Å². The molecule has 0 aliphatic carbocycles. The smallest absolute Gasteiger partial charge is 0.220 e. The molecule has 0 heterocycles. The fourth-order valence-corrected chi connectivity index (χ4v) is 1.68. The molecule has 0 spiro atoms. The Balaban J connectivity index is 3.99. The summed E-state index contributed by atoms with van der Waals surface area (Å²) in [5.74, 6) is 0.770. The summed E-state index contributed by atoms with van der Waals surface area (Å²) in [4.78, 5) is 11.7. The second kappa shape index (κ2) is 7.67. The van der Waals surface area contributed by atoms with Crippen LogP contribution in [0.1, 0.15) is 47.0 Å². The molecule has 1 amide bonds. The zero-order chi connectivity index (χ0) is 13.5. The molecule has 0 aromatic rings. The normalized spacial score (nSPS) is 16.6. The monoisotopic (exact) mass is 244 g/mol. The van der Waals surface area contributed by atoms with Crippen LogP contribution in [-0.4, -0.2) is 29.7 Å². The summed E-state index contributed by atoms with van der Waals surface area (Å²) in [6.07, 6.45) is 2.04. The highest BCUT2D eigenvalue weighted by Gasteiger charge is 2.20. The first-order chi connectivity index (χ1) is 7.80. The molecule has 0 aliphatic rings. The van der Waals surface area contributed by atoms with Crippen LogP contribution in [0.2, 0.25) is 0 Å². The maximum Gasteiger partial charge on any atom is 0.220 e. The van der Waals surface area contributed by atoms with E-state index < -0.39 is 5.60 Å². The maximum atomic E-state index is 11.7. The Morgan fingerprint density at radius 3 is 2.47 bits per heavy atom. The molecular weight excluding hydrogens is 216 g/mol. The molecule has 0 saturated heterocycles. The van der Waals surface area contributed by atoms with Gasteiger partial charge in [0.2, 0.25) is 5.91 Å². The lowest BCUT2D eigenvalue weighted by Crippen LogP contribution is -2.41. The van der Waals surface area contributed by atoms with Crippen molar-refractivity contribution in [2.75, 3.05) is 13.1 Å². The molecule has 4 heteroatoms. The van der Waals surface area contributed by atoms with Gasteiger partial charge < -0.3 is 16.2 Å². The molecule has 0 aliphatic heterocycles. The first kappa shape index (κ1) is 16.4. The van der Waals surface area contributed by atoms with Gasteiger partial charge in [0.15, 0.2) is 0 Å². The van der Waals surface area contributed by atoms with Gasteiger partial charge in [-0.05, 0) is 38.1 Å². The van der Waals surface area contributed by atoms with Crippen LogP contribution in [0.25, 0.3) is 0 Å². The number of nitrogens with one attached hydrogen (secondary N) is 1. The molecule has 0 bridgehead atoms. The minimum absolute atomic E-state index is 0.0187. The topological polar surface area (TPSA) is 75.3 Å². The predicted molar refractivity (Wildman–Crippen MR) is 70.5 cm³/mol. The number of aliphatic hydroxyl groups is 1. The first-order valence-corrected chi connectivity index (χ1v) is 6.49. The maximum absolute atomic E-state index is 11.7. The van der Waals surface area contributed by atoms with Crippen molar-refractivity contribution in [2.45, 2.75) is 52.6 Å². The molecule has 0 aromatic heterocycles. The lowest BCUT2D eigenvalue weighted by atomic mass is 9.94. The van der Waals surface area contributed by atoms with E-state index in [1.165, 1.54) is 0 Å². The van der Waals surface area contributed by atoms with Crippen LogP contribution in [-0.2, 0) is 4.79 Å². The van der Waals surface area contributed by atoms with Gasteiger partial charge in [0, 0.05) is 13.0 Å². The minimum atomic E-state index is -0.814. The third kappa shape index (κ3) is 8.16. The van der Waals surface area contributed by atoms with Crippen molar-refractivity contribution in [1.82, 2.24) is 5.32 Å². The molecule has 0 saturated carbocycles. The largest absolute Gasteiger partial charge is 0.388 e. The van der Waals surface area contributed by atoms with Crippen LogP contribution in [0, 0.1) is 11.8 Å². The summed E-state index contributed by atoms with van der Waals surface area (Å²) in [5, 5.41) is 12.5. The van der Waals surface area contributed by atoms with E-state index in [9.17, 15) is 9.90 Å². The fraction of sp³-hybridized carbons (Fsp3) is 0.923. The van der Waals surface area contributed by atoms with Crippen molar-refractivity contribution in [2.24, 2.45) is 17.6 Å². The average Bonchev–Trinajstić information content (AvgIpc) is 2.25. The Bertz CT molecular complexity index is 227. The van der Waals surface area contributed by atoms with Crippen molar-refractivity contribution in [3.63, 3.8) is 0 Å². The van der Waals surface area contributed by atoms with Gasteiger partial charge in [-0.2, -0.15) is 0 Å². The number of hydrogen-bond acceptors (Lipinski definition) is 3. The molecule has 4 nitrogen and oxygen atoms in total. The summed E-state index contributed by atoms with van der Waals surface area (Å²) < 4.78 is 0. The van der Waals surface area contributed by atoms with Crippen molar-refractivity contribution >= 4 is 5.91 Å². The summed E-state index contributed by atoms with van der Waals surface area (Å²) in [6.45, 7) is 8.72. The van der Waals surface area contributed by atoms with E-state index >= 15 is 0 Å². The average molecular weight is 244 g/mol. The van der Waals surface area contributed by atoms with E-state index in [-0.39, 0.29) is 11.8 Å². The molecule has 0 aromatic carbocycles. The Morgan fingerprint density at radius 2 is 2.06 bits per heavy atom. The van der Waals surface area contributed by atoms with Crippen LogP contribution in [0.3, 0.4) is 0 Å². The van der Waals surface area contributed by atoms with E-state index in [0.29, 0.717) is 31.8 Å². The van der Waals surface area contributed by atoms with E-state index in [0.717, 1.165) is 6.42 Å². The standard InChI is InChI=1S/C13H28N2O2/c1-5-13(4,17)9-15-12(16)7-11(8-14)6-10(2)3/h10-11,17H,5-9,14H2,1-4H3,(H,15,16). The van der Waals surface area contributed by atoms with Crippen molar-refractivity contribution in [3.05, 3.63) is 0 Å². The van der Waals surface area contributed by atoms with Gasteiger partial charge in [-0.3, -0.25) is 4.79 Å². The predicted octanol–water partition coefficient (Wildman–Crippen LogP) is 1.27. The number of nitrogens with two attached hydrogens (primary N) is 1. The molecule has 0 rings (SSSR count). The first-order valence-electron chi connectivity index (χ1n) is 6.49. The molecule has 102 valence electrons. The van der Waals surface area contributed by atoms with E-state index in [1.807, 2.05) is 6.92 Å². The Kier molecular flexibility index (Phi) is 7.39. The second-order valence-electron chi connectivity index (χ2n) is 5.56. The number of hydrogen-bond donors (Lipinski definition) is 3. The van der Waals surface area contributed by atoms with E-state index in [1.54, 1.807) is 6.92 Å². The van der Waals surface area contributed by atoms with Gasteiger partial charge in [0.25, 0.3) is 0 Å². The summed E-state index contributed by atoms with van der Waals surface area (Å²) in [6, 6.07) is 0. The molecule has 17 heavy (non-hydrogen) atoms. The van der Waals surface area contributed by atoms with Gasteiger partial charge in [-0.25, -0.2) is 0 Å². The van der Waals surface area contributed by atoms with Gasteiger partial charge in [-0.1, -0.05) is 20.8 Å². The Labute approximate surface area is 105 Å². The summed E-state index contributed by atoms with van der Waals surface area (Å²) in [5.41, 5.74) is 4.83. The number of carbonyl (C=O) groups is 1. The van der Waals surface area contributed by atoms with Gasteiger partial charge in [-0.15, -0.1) is 0 Å². The lowest BCUT2D eigenvalue weighted by molar-refractivity contribution is -0.123. The van der Waals surface area contributed by atoms with Gasteiger partial charge >= 0.3 is 0 Å². The van der Waals surface area contributed by atoms with Crippen LogP contribution < -0.4 is 11.1 Å². The Morgan fingerprint density at radius 1 is 1.47 bits per heavy atom. The molecule has 0 radical (unpaired) electrons. The number of carbonyl (C=O) groups excluding carboxylic acids is 1. The quantitative estimate of drug-likeness (QED) is 0.602. The van der Waals surface area contributed by atoms with Crippen LogP contribution in [0.4, 0.5) is 0 Å². The lowest BCUT2D eigenvalue weighted by Gasteiger charge is -2.22. The SMILES string of the molecule is CCC(C)(O)CNC(=O)CC(CN)CC(C)C. The van der Waals surface area contributed by atoms with E-state index in [4.69, 9.17) is 5.73 Å². The van der Waals surface area contributed by atoms with Crippen molar-refractivity contribution < 1.29 is 9.90 Å². The van der Waals surface area contributed by atoms with Gasteiger partial charge in [0.05, 0.1) is 5.60 Å². The number of amides is 1. The molecule has 0 fully saturated rings. The summed E-state index contributed by atoms with van der Waals surface area (Å²) in [7, 11) is 0. The third-order valence-corrected chi connectivity index (χ3v) is 3.04. The van der Waals surface area contributed by atoms with Crippen molar-refractivity contribution in [1.29, 1.82) is 0 Å². The van der Waals surface area contributed by atoms with Crippen LogP contribution >= 0.6 is 0 Å².